The summed E-state index contributed by atoms with van der Waals surface area (Å²) in [6.07, 6.45) is 2.08. The van der Waals surface area contributed by atoms with Gasteiger partial charge in [0.05, 0.1) is 5.02 Å². The molecule has 0 spiro atoms. The summed E-state index contributed by atoms with van der Waals surface area (Å²) >= 11 is 5.73. The smallest absolute Gasteiger partial charge is 0.145 e. The van der Waals surface area contributed by atoms with Gasteiger partial charge in [-0.15, -0.1) is 0 Å². The molecule has 1 aromatic carbocycles. The third-order valence-corrected chi connectivity index (χ3v) is 1.89. The summed E-state index contributed by atoms with van der Waals surface area (Å²) < 4.78 is 13.1. The van der Waals surface area contributed by atoms with Gasteiger partial charge in [-0.25, -0.2) is 4.39 Å². The van der Waals surface area contributed by atoms with Crippen molar-refractivity contribution in [2.75, 3.05) is 0 Å². The van der Waals surface area contributed by atoms with Crippen LogP contribution < -0.4 is 0 Å². The molecule has 0 atom stereocenters. The fourth-order valence-corrected chi connectivity index (χ4v) is 1.13. The first kappa shape index (κ1) is 9.93. The second kappa shape index (κ2) is 4.19. The van der Waals surface area contributed by atoms with E-state index in [9.17, 15) is 9.18 Å². The molecule has 0 aliphatic carbocycles. The van der Waals surface area contributed by atoms with Gasteiger partial charge in [0.25, 0.3) is 0 Å². The van der Waals surface area contributed by atoms with Crippen molar-refractivity contribution in [2.24, 2.45) is 0 Å². The molecule has 13 heavy (non-hydrogen) atoms. The number of carbonyl (C=O) groups excluding carboxylic acids is 1. The molecule has 0 heterocycles. The van der Waals surface area contributed by atoms with Crippen LogP contribution in [0.25, 0.3) is 6.08 Å². The molecule has 0 bridgehead atoms. The normalized spacial score (nSPS) is 11.5. The van der Waals surface area contributed by atoms with Crippen molar-refractivity contribution in [3.63, 3.8) is 0 Å². The maximum Gasteiger partial charge on any atom is 0.145 e. The predicted octanol–water partition coefficient (Wildman–Crippen LogP) is 3.08. The molecule has 0 unspecified atom stereocenters. The van der Waals surface area contributed by atoms with E-state index in [4.69, 9.17) is 11.6 Å². The van der Waals surface area contributed by atoms with Crippen LogP contribution in [0.2, 0.25) is 5.02 Å². The van der Waals surface area contributed by atoms with Crippen LogP contribution in [0, 0.1) is 5.82 Å². The van der Waals surface area contributed by atoms with Crippen LogP contribution >= 0.6 is 11.6 Å². The molecule has 0 saturated carbocycles. The molecule has 1 rings (SSSR count). The van der Waals surface area contributed by atoms with Gasteiger partial charge < -0.3 is 0 Å². The van der Waals surface area contributed by atoms with Gasteiger partial charge in [0.15, 0.2) is 0 Å². The fourth-order valence-electron chi connectivity index (χ4n) is 0.910. The fraction of sp³-hybridized carbons (Fsp3) is 0.100. The van der Waals surface area contributed by atoms with E-state index in [1.807, 2.05) is 0 Å². The molecule has 0 aliphatic rings. The zero-order valence-electron chi connectivity index (χ0n) is 7.05. The number of rotatable bonds is 2. The Morgan fingerprint density at radius 1 is 1.54 bits per heavy atom. The Kier molecular flexibility index (Phi) is 3.20. The van der Waals surface area contributed by atoms with Gasteiger partial charge >= 0.3 is 0 Å². The zero-order valence-corrected chi connectivity index (χ0v) is 7.81. The molecule has 0 amide bonds. The largest absolute Gasteiger partial charge is 0.298 e. The zero-order chi connectivity index (χ0) is 9.84. The van der Waals surface area contributed by atoms with Gasteiger partial charge in [-0.3, -0.25) is 4.79 Å². The lowest BCUT2D eigenvalue weighted by molar-refractivity contribution is -0.104. The van der Waals surface area contributed by atoms with Crippen LogP contribution in [0.5, 0.6) is 0 Å². The van der Waals surface area contributed by atoms with E-state index in [-0.39, 0.29) is 5.56 Å². The van der Waals surface area contributed by atoms with E-state index in [2.05, 4.69) is 0 Å². The lowest BCUT2D eigenvalue weighted by atomic mass is 10.1. The van der Waals surface area contributed by atoms with Crippen molar-refractivity contribution in [3.05, 3.63) is 40.2 Å². The Hall–Kier alpha value is -1.15. The minimum atomic E-state index is -0.422. The van der Waals surface area contributed by atoms with Crippen LogP contribution in [0.3, 0.4) is 0 Å². The lowest BCUT2D eigenvalue weighted by Gasteiger charge is -1.99. The van der Waals surface area contributed by atoms with Crippen molar-refractivity contribution >= 4 is 24.0 Å². The monoisotopic (exact) mass is 198 g/mol. The van der Waals surface area contributed by atoms with Crippen LogP contribution in [-0.4, -0.2) is 6.29 Å². The Morgan fingerprint density at radius 2 is 2.23 bits per heavy atom. The second-order valence-electron chi connectivity index (χ2n) is 2.64. The van der Waals surface area contributed by atoms with E-state index in [1.54, 1.807) is 13.0 Å². The molecule has 0 radical (unpaired) electrons. The quantitative estimate of drug-likeness (QED) is 0.527. The third kappa shape index (κ3) is 2.39. The highest BCUT2D eigenvalue weighted by Crippen LogP contribution is 2.21. The van der Waals surface area contributed by atoms with Crippen LogP contribution in [0.1, 0.15) is 12.5 Å². The summed E-state index contributed by atoms with van der Waals surface area (Å²) in [5.41, 5.74) is 0.695. The molecule has 0 aromatic heterocycles. The Balaban J connectivity index is 3.21. The SMILES string of the molecule is CC(C=O)=Cc1c(F)cccc1Cl. The van der Waals surface area contributed by atoms with Gasteiger partial charge in [-0.1, -0.05) is 17.7 Å². The summed E-state index contributed by atoms with van der Waals surface area (Å²) in [5, 5.41) is 0.307. The summed E-state index contributed by atoms with van der Waals surface area (Å²) in [6, 6.07) is 4.40. The lowest BCUT2D eigenvalue weighted by Crippen LogP contribution is -1.85. The molecular weight excluding hydrogens is 191 g/mol. The van der Waals surface area contributed by atoms with Crippen LogP contribution in [0.4, 0.5) is 4.39 Å². The molecule has 0 N–H and O–H groups in total. The van der Waals surface area contributed by atoms with Gasteiger partial charge in [0.2, 0.25) is 0 Å². The van der Waals surface area contributed by atoms with Gasteiger partial charge in [0.1, 0.15) is 12.1 Å². The van der Waals surface area contributed by atoms with Crippen molar-refractivity contribution in [1.82, 2.24) is 0 Å². The number of hydrogen-bond acceptors (Lipinski definition) is 1. The van der Waals surface area contributed by atoms with Crippen molar-refractivity contribution in [1.29, 1.82) is 0 Å². The van der Waals surface area contributed by atoms with E-state index in [0.29, 0.717) is 16.9 Å². The molecule has 0 saturated heterocycles. The topological polar surface area (TPSA) is 17.1 Å². The van der Waals surface area contributed by atoms with Crippen LogP contribution in [0.15, 0.2) is 23.8 Å². The van der Waals surface area contributed by atoms with E-state index < -0.39 is 5.82 Å². The number of halogens is 2. The van der Waals surface area contributed by atoms with Crippen molar-refractivity contribution in [3.8, 4) is 0 Å². The molecule has 3 heteroatoms. The molecular formula is C10H8ClFO. The van der Waals surface area contributed by atoms with E-state index >= 15 is 0 Å². The number of hydrogen-bond donors (Lipinski definition) is 0. The van der Waals surface area contributed by atoms with Crippen molar-refractivity contribution < 1.29 is 9.18 Å². The standard InChI is InChI=1S/C10H8ClFO/c1-7(6-13)5-8-9(11)3-2-4-10(8)12/h2-6H,1H3. The maximum atomic E-state index is 13.1. The first-order valence-electron chi connectivity index (χ1n) is 3.72. The minimum Gasteiger partial charge on any atom is -0.298 e. The number of benzene rings is 1. The average molecular weight is 199 g/mol. The maximum absolute atomic E-state index is 13.1. The highest BCUT2D eigenvalue weighted by Gasteiger charge is 2.03. The Labute approximate surface area is 80.8 Å². The highest BCUT2D eigenvalue weighted by molar-refractivity contribution is 6.32. The van der Waals surface area contributed by atoms with E-state index in [1.165, 1.54) is 18.2 Å². The number of allylic oxidation sites excluding steroid dienone is 1. The molecule has 68 valence electrons. The summed E-state index contributed by atoms with van der Waals surface area (Å²) in [4.78, 5) is 10.3. The number of aldehydes is 1. The van der Waals surface area contributed by atoms with Gasteiger partial charge in [-0.05, 0) is 30.7 Å². The average Bonchev–Trinajstić information content (AvgIpc) is 2.11. The Morgan fingerprint density at radius 3 is 2.77 bits per heavy atom. The summed E-state index contributed by atoms with van der Waals surface area (Å²) in [6.45, 7) is 1.59. The Bertz CT molecular complexity index is 338. The minimum absolute atomic E-state index is 0.258. The van der Waals surface area contributed by atoms with E-state index in [0.717, 1.165) is 0 Å². The predicted molar refractivity (Wildman–Crippen MR) is 51.1 cm³/mol. The molecule has 0 aliphatic heterocycles. The first-order valence-corrected chi connectivity index (χ1v) is 4.10. The number of carbonyl (C=O) groups is 1. The third-order valence-electron chi connectivity index (χ3n) is 1.56. The van der Waals surface area contributed by atoms with Crippen molar-refractivity contribution in [2.45, 2.75) is 6.92 Å². The summed E-state index contributed by atoms with van der Waals surface area (Å²) in [7, 11) is 0. The first-order chi connectivity index (χ1) is 6.15. The molecule has 0 fully saturated rings. The summed E-state index contributed by atoms with van der Waals surface area (Å²) in [5.74, 6) is -0.422. The van der Waals surface area contributed by atoms with Gasteiger partial charge in [-0.2, -0.15) is 0 Å². The molecule has 1 aromatic rings. The molecule has 1 nitrogen and oxygen atoms in total. The van der Waals surface area contributed by atoms with Gasteiger partial charge in [0, 0.05) is 5.56 Å². The second-order valence-corrected chi connectivity index (χ2v) is 3.05. The highest BCUT2D eigenvalue weighted by atomic mass is 35.5. The van der Waals surface area contributed by atoms with Crippen LogP contribution in [-0.2, 0) is 4.79 Å².